The molecule has 1 saturated heterocycles. The van der Waals surface area contributed by atoms with Gasteiger partial charge >= 0.3 is 0 Å². The molecular weight excluding hydrogens is 226 g/mol. The minimum absolute atomic E-state index is 0.182. The molecule has 1 fully saturated rings. The van der Waals surface area contributed by atoms with E-state index in [9.17, 15) is 0 Å². The predicted octanol–water partition coefficient (Wildman–Crippen LogP) is 0.577. The van der Waals surface area contributed by atoms with Crippen molar-refractivity contribution >= 4 is 17.6 Å². The van der Waals surface area contributed by atoms with Gasteiger partial charge in [-0.05, 0) is 32.2 Å². The molecule has 0 aromatic heterocycles. The molecule has 0 unspecified atom stereocenters. The molecule has 0 spiro atoms. The van der Waals surface area contributed by atoms with E-state index in [1.165, 1.54) is 0 Å². The zero-order chi connectivity index (χ0) is 12.0. The molecular formula is C10H21N3O2S. The molecule has 6 heteroatoms. The third-order valence-electron chi connectivity index (χ3n) is 3.24. The Balaban J connectivity index is 2.50. The smallest absolute Gasteiger partial charge is 0.155 e. The first-order chi connectivity index (χ1) is 7.68. The second kappa shape index (κ2) is 6.32. The van der Waals surface area contributed by atoms with Crippen LogP contribution in [0.2, 0.25) is 0 Å². The Bertz CT molecular complexity index is 240. The molecule has 1 heterocycles. The second-order valence-electron chi connectivity index (χ2n) is 4.02. The van der Waals surface area contributed by atoms with Crippen LogP contribution in [-0.2, 0) is 4.74 Å². The van der Waals surface area contributed by atoms with E-state index in [1.807, 2.05) is 6.26 Å². The fraction of sp³-hybridized carbons (Fsp3) is 0.900. The van der Waals surface area contributed by atoms with Crippen LogP contribution in [0.4, 0.5) is 0 Å². The number of thioether (sulfide) groups is 1. The Kier molecular flexibility index (Phi) is 5.37. The molecule has 5 nitrogen and oxygen atoms in total. The Morgan fingerprint density at radius 1 is 1.56 bits per heavy atom. The lowest BCUT2D eigenvalue weighted by atomic mass is 9.94. The number of amidine groups is 1. The van der Waals surface area contributed by atoms with Gasteiger partial charge in [0.05, 0.1) is 11.4 Å². The first-order valence-corrected chi connectivity index (χ1v) is 6.65. The maximum atomic E-state index is 8.81. The number of likely N-dealkylation sites (tertiary alicyclic amines) is 1. The number of oxime groups is 1. The lowest BCUT2D eigenvalue weighted by molar-refractivity contribution is 0.132. The number of nitrogens with zero attached hydrogens (tertiary/aromatic N) is 2. The zero-order valence-electron chi connectivity index (χ0n) is 9.98. The topological polar surface area (TPSA) is 71.1 Å². The van der Waals surface area contributed by atoms with Gasteiger partial charge in [0.2, 0.25) is 0 Å². The van der Waals surface area contributed by atoms with Crippen molar-refractivity contribution < 1.29 is 9.94 Å². The summed E-state index contributed by atoms with van der Waals surface area (Å²) in [4.78, 5) is 2.35. The summed E-state index contributed by atoms with van der Waals surface area (Å²) in [7, 11) is 1.71. The molecule has 0 atom stereocenters. The first-order valence-electron chi connectivity index (χ1n) is 5.43. The summed E-state index contributed by atoms with van der Waals surface area (Å²) >= 11 is 1.68. The fourth-order valence-electron chi connectivity index (χ4n) is 2.01. The van der Waals surface area contributed by atoms with Gasteiger partial charge in [0.15, 0.2) is 5.84 Å². The van der Waals surface area contributed by atoms with Crippen LogP contribution in [0.1, 0.15) is 12.8 Å². The van der Waals surface area contributed by atoms with Gasteiger partial charge in [0, 0.05) is 13.7 Å². The molecule has 3 N–H and O–H groups in total. The molecule has 0 aliphatic carbocycles. The number of methoxy groups -OCH3 is 1. The average molecular weight is 247 g/mol. The van der Waals surface area contributed by atoms with Crippen LogP contribution in [0.5, 0.6) is 0 Å². The lowest BCUT2D eigenvalue weighted by Gasteiger charge is -2.39. The third-order valence-corrected chi connectivity index (χ3v) is 4.64. The van der Waals surface area contributed by atoms with E-state index < -0.39 is 0 Å². The fourth-order valence-corrected chi connectivity index (χ4v) is 2.85. The standard InChI is InChI=1S/C10H21N3O2S/c1-15-8-7-13-5-3-10(16-2,4-6-13)9(11)12-14/h14H,3-8H2,1-2H3,(H2,11,12). The van der Waals surface area contributed by atoms with E-state index in [2.05, 4.69) is 10.1 Å². The summed E-state index contributed by atoms with van der Waals surface area (Å²) in [6, 6.07) is 0. The molecule has 0 aromatic rings. The minimum Gasteiger partial charge on any atom is -0.409 e. The van der Waals surface area contributed by atoms with Crippen molar-refractivity contribution in [1.82, 2.24) is 4.90 Å². The van der Waals surface area contributed by atoms with Gasteiger partial charge in [-0.15, -0.1) is 0 Å². The molecule has 0 saturated carbocycles. The summed E-state index contributed by atoms with van der Waals surface area (Å²) in [6.45, 7) is 3.66. The Hall–Kier alpha value is -0.460. The van der Waals surface area contributed by atoms with Crippen LogP contribution in [0, 0.1) is 0 Å². The van der Waals surface area contributed by atoms with Crippen molar-refractivity contribution in [3.63, 3.8) is 0 Å². The average Bonchev–Trinajstić information content (AvgIpc) is 2.36. The highest BCUT2D eigenvalue weighted by Crippen LogP contribution is 2.34. The predicted molar refractivity (Wildman–Crippen MR) is 67.2 cm³/mol. The van der Waals surface area contributed by atoms with Crippen molar-refractivity contribution in [2.24, 2.45) is 10.9 Å². The van der Waals surface area contributed by atoms with E-state index in [1.54, 1.807) is 18.9 Å². The van der Waals surface area contributed by atoms with Crippen molar-refractivity contribution in [2.45, 2.75) is 17.6 Å². The van der Waals surface area contributed by atoms with Gasteiger partial charge < -0.3 is 20.6 Å². The molecule has 0 amide bonds. The SMILES string of the molecule is COCCN1CCC(SC)(C(N)=NO)CC1. The maximum Gasteiger partial charge on any atom is 0.155 e. The van der Waals surface area contributed by atoms with Crippen LogP contribution in [0.3, 0.4) is 0 Å². The van der Waals surface area contributed by atoms with E-state index in [0.717, 1.165) is 39.1 Å². The second-order valence-corrected chi connectivity index (χ2v) is 5.21. The number of hydrogen-bond donors (Lipinski definition) is 2. The summed E-state index contributed by atoms with van der Waals surface area (Å²) in [6.07, 6.45) is 3.87. The largest absolute Gasteiger partial charge is 0.409 e. The van der Waals surface area contributed by atoms with Gasteiger partial charge in [-0.1, -0.05) is 5.16 Å². The van der Waals surface area contributed by atoms with Crippen LogP contribution in [0.25, 0.3) is 0 Å². The summed E-state index contributed by atoms with van der Waals surface area (Å²) in [5.74, 6) is 0.353. The quantitative estimate of drug-likeness (QED) is 0.322. The summed E-state index contributed by atoms with van der Waals surface area (Å²) in [5.41, 5.74) is 5.77. The van der Waals surface area contributed by atoms with E-state index in [-0.39, 0.29) is 4.75 Å². The Morgan fingerprint density at radius 3 is 2.62 bits per heavy atom. The molecule has 1 aliphatic rings. The van der Waals surface area contributed by atoms with Crippen molar-refractivity contribution in [1.29, 1.82) is 0 Å². The van der Waals surface area contributed by atoms with Gasteiger partial charge in [-0.25, -0.2) is 0 Å². The first kappa shape index (κ1) is 13.6. The van der Waals surface area contributed by atoms with E-state index in [4.69, 9.17) is 15.7 Å². The lowest BCUT2D eigenvalue weighted by Crippen LogP contribution is -2.50. The monoisotopic (exact) mass is 247 g/mol. The van der Waals surface area contributed by atoms with Crippen molar-refractivity contribution in [3.05, 3.63) is 0 Å². The highest BCUT2D eigenvalue weighted by Gasteiger charge is 2.37. The van der Waals surface area contributed by atoms with Gasteiger partial charge in [0.25, 0.3) is 0 Å². The van der Waals surface area contributed by atoms with Crippen LogP contribution in [0.15, 0.2) is 5.16 Å². The molecule has 1 aliphatic heterocycles. The summed E-state index contributed by atoms with van der Waals surface area (Å²) in [5, 5.41) is 12.0. The zero-order valence-corrected chi connectivity index (χ0v) is 10.8. The summed E-state index contributed by atoms with van der Waals surface area (Å²) < 4.78 is 4.87. The normalized spacial score (nSPS) is 22.2. The number of piperidine rings is 1. The molecule has 0 radical (unpaired) electrons. The number of hydrogen-bond acceptors (Lipinski definition) is 5. The van der Waals surface area contributed by atoms with Gasteiger partial charge in [0.1, 0.15) is 0 Å². The molecule has 0 bridgehead atoms. The van der Waals surface area contributed by atoms with E-state index >= 15 is 0 Å². The van der Waals surface area contributed by atoms with E-state index in [0.29, 0.717) is 5.84 Å². The van der Waals surface area contributed by atoms with Gasteiger partial charge in [-0.2, -0.15) is 11.8 Å². The number of ether oxygens (including phenoxy) is 1. The maximum absolute atomic E-state index is 8.81. The van der Waals surface area contributed by atoms with Crippen LogP contribution < -0.4 is 5.73 Å². The number of rotatable bonds is 5. The molecule has 94 valence electrons. The number of nitrogens with two attached hydrogens (primary N) is 1. The highest BCUT2D eigenvalue weighted by molar-refractivity contribution is 8.00. The Labute approximate surface area is 101 Å². The Morgan fingerprint density at radius 2 is 2.19 bits per heavy atom. The highest BCUT2D eigenvalue weighted by atomic mass is 32.2. The molecule has 0 aromatic carbocycles. The third kappa shape index (κ3) is 3.02. The minimum atomic E-state index is -0.182. The van der Waals surface area contributed by atoms with Crippen LogP contribution >= 0.6 is 11.8 Å². The molecule has 1 rings (SSSR count). The van der Waals surface area contributed by atoms with Gasteiger partial charge in [-0.3, -0.25) is 0 Å². The van der Waals surface area contributed by atoms with Crippen LogP contribution in [-0.4, -0.2) is 60.3 Å². The van der Waals surface area contributed by atoms with Crippen molar-refractivity contribution in [3.8, 4) is 0 Å². The van der Waals surface area contributed by atoms with Crippen molar-refractivity contribution in [2.75, 3.05) is 39.6 Å². The molecule has 16 heavy (non-hydrogen) atoms.